The summed E-state index contributed by atoms with van der Waals surface area (Å²) in [6, 6.07) is 13.3. The zero-order valence-corrected chi connectivity index (χ0v) is 26.2. The molecule has 0 aliphatic carbocycles. The van der Waals surface area contributed by atoms with E-state index in [9.17, 15) is 0 Å². The maximum atomic E-state index is 5.46. The average molecular weight is 502 g/mol. The third-order valence-electron chi connectivity index (χ3n) is 6.96. The van der Waals surface area contributed by atoms with Crippen molar-refractivity contribution in [2.45, 2.75) is 121 Å². The number of hydrogen-bond donors (Lipinski definition) is 0. The Balaban J connectivity index is 2.86. The molecule has 0 spiro atoms. The largest absolute Gasteiger partial charge is 0.660 e. The zero-order valence-electron chi connectivity index (χ0n) is 26.2. The molecule has 0 aliphatic heterocycles. The second kappa shape index (κ2) is 12.0. The lowest BCUT2D eigenvalue weighted by Crippen LogP contribution is -2.21. The van der Waals surface area contributed by atoms with Crippen LogP contribution in [0.1, 0.15) is 143 Å². The molecule has 204 valence electrons. The second-order valence-electron chi connectivity index (χ2n) is 13.8. The van der Waals surface area contributed by atoms with E-state index < -0.39 is 0 Å². The van der Waals surface area contributed by atoms with E-state index in [0.717, 1.165) is 22.8 Å². The van der Waals surface area contributed by atoms with Gasteiger partial charge in [0, 0.05) is 11.1 Å². The van der Waals surface area contributed by atoms with Crippen molar-refractivity contribution < 1.29 is 0 Å². The Bertz CT molecular complexity index is 1060. The van der Waals surface area contributed by atoms with Gasteiger partial charge < -0.3 is 5.32 Å². The molecule has 0 aromatic heterocycles. The summed E-state index contributed by atoms with van der Waals surface area (Å²) in [5.74, 6) is 1.61. The van der Waals surface area contributed by atoms with Crippen LogP contribution in [-0.4, -0.2) is 5.71 Å². The molecule has 0 radical (unpaired) electrons. The number of hydrogen-bond acceptors (Lipinski definition) is 1. The smallest absolute Gasteiger partial charge is 0.0702 e. The summed E-state index contributed by atoms with van der Waals surface area (Å²) in [6.07, 6.45) is 2.28. The van der Waals surface area contributed by atoms with Crippen molar-refractivity contribution in [3.63, 3.8) is 0 Å². The minimum atomic E-state index is -0.136. The Labute approximate surface area is 229 Å². The lowest BCUT2D eigenvalue weighted by atomic mass is 9.83. The highest BCUT2D eigenvalue weighted by Gasteiger charge is 2.22. The van der Waals surface area contributed by atoms with Crippen LogP contribution in [0.3, 0.4) is 0 Å². The lowest BCUT2D eigenvalue weighted by Gasteiger charge is -2.41. The van der Waals surface area contributed by atoms with Crippen molar-refractivity contribution in [3.05, 3.63) is 75.7 Å². The molecule has 0 saturated heterocycles. The molecular weight excluding hydrogens is 448 g/mol. The first kappa shape index (κ1) is 30.9. The minimum Gasteiger partial charge on any atom is -0.660 e. The Morgan fingerprint density at radius 3 is 1.32 bits per heavy atom. The van der Waals surface area contributed by atoms with Crippen LogP contribution in [-0.2, 0) is 0 Å². The first-order valence-corrected chi connectivity index (χ1v) is 14.2. The summed E-state index contributed by atoms with van der Waals surface area (Å²) in [5.41, 5.74) is 9.37. The molecule has 0 bridgehead atoms. The highest BCUT2D eigenvalue weighted by Crippen LogP contribution is 2.45. The second-order valence-corrected chi connectivity index (χ2v) is 13.8. The van der Waals surface area contributed by atoms with Crippen LogP contribution in [0.4, 0.5) is 11.4 Å². The summed E-state index contributed by atoms with van der Waals surface area (Å²) in [6.45, 7) is 31.7. The first-order chi connectivity index (χ1) is 16.9. The molecule has 2 aromatic rings. The predicted octanol–water partition coefficient (Wildman–Crippen LogP) is 11.9. The van der Waals surface area contributed by atoms with E-state index in [1.54, 1.807) is 0 Å². The summed E-state index contributed by atoms with van der Waals surface area (Å²) in [4.78, 5) is 5.46. The van der Waals surface area contributed by atoms with E-state index in [-0.39, 0.29) is 10.8 Å². The number of nitrogens with zero attached hydrogens (tertiary/aromatic N) is 2. The average Bonchev–Trinajstić information content (AvgIpc) is 2.75. The Morgan fingerprint density at radius 2 is 1.00 bits per heavy atom. The van der Waals surface area contributed by atoms with Gasteiger partial charge in [0.2, 0.25) is 0 Å². The monoisotopic (exact) mass is 501 g/mol. The molecule has 0 amide bonds. The van der Waals surface area contributed by atoms with Gasteiger partial charge in [-0.2, -0.15) is 5.70 Å². The minimum absolute atomic E-state index is 0.136. The van der Waals surface area contributed by atoms with Crippen molar-refractivity contribution in [3.8, 4) is 0 Å². The molecule has 2 nitrogen and oxygen atoms in total. The van der Waals surface area contributed by atoms with E-state index in [1.165, 1.54) is 22.3 Å². The normalized spacial score (nSPS) is 13.9. The van der Waals surface area contributed by atoms with Gasteiger partial charge in [-0.15, -0.1) is 5.69 Å². The molecule has 0 N–H and O–H groups in total. The highest BCUT2D eigenvalue weighted by molar-refractivity contribution is 6.02. The molecule has 0 atom stereocenters. The van der Waals surface area contributed by atoms with Crippen LogP contribution in [0, 0.1) is 10.8 Å². The summed E-state index contributed by atoms with van der Waals surface area (Å²) < 4.78 is 0. The van der Waals surface area contributed by atoms with Crippen LogP contribution in [0.2, 0.25) is 0 Å². The maximum Gasteiger partial charge on any atom is 0.0702 e. The van der Waals surface area contributed by atoms with Crippen LogP contribution >= 0.6 is 0 Å². The van der Waals surface area contributed by atoms with Crippen molar-refractivity contribution in [1.82, 2.24) is 0 Å². The molecular formula is C35H53N2-. The summed E-state index contributed by atoms with van der Waals surface area (Å²) >= 11 is 0. The topological polar surface area (TPSA) is 26.5 Å². The first-order valence-electron chi connectivity index (χ1n) is 14.2. The molecule has 0 aliphatic rings. The van der Waals surface area contributed by atoms with Gasteiger partial charge in [-0.3, -0.25) is 4.99 Å². The fourth-order valence-corrected chi connectivity index (χ4v) is 4.49. The Kier molecular flexibility index (Phi) is 10.0. The van der Waals surface area contributed by atoms with Gasteiger partial charge >= 0.3 is 0 Å². The molecule has 0 unspecified atom stereocenters. The van der Waals surface area contributed by atoms with Crippen LogP contribution < -0.4 is 0 Å². The standard InChI is InChI=1S/C35H53N2/c1-22(2)26-17-15-18-27(23(3)4)32(26)36-30(34(9,10)11)21-31(35(12,13)14)37-33-28(24(5)6)19-16-20-29(33)25(7)8/h15-25H,1-14H3/q-1/b30-21+,37-31?. The van der Waals surface area contributed by atoms with E-state index in [4.69, 9.17) is 10.3 Å². The molecule has 2 aromatic carbocycles. The number of allylic oxidation sites excluding steroid dienone is 2. The van der Waals surface area contributed by atoms with E-state index in [2.05, 4.69) is 139 Å². The van der Waals surface area contributed by atoms with Gasteiger partial charge in [0.25, 0.3) is 0 Å². The van der Waals surface area contributed by atoms with Crippen LogP contribution in [0.25, 0.3) is 5.32 Å². The number of para-hydroxylation sites is 2. The molecule has 0 saturated carbocycles. The fourth-order valence-electron chi connectivity index (χ4n) is 4.49. The van der Waals surface area contributed by atoms with E-state index >= 15 is 0 Å². The van der Waals surface area contributed by atoms with Gasteiger partial charge in [-0.1, -0.05) is 151 Å². The SMILES string of the molecule is CC(C)c1cccc(C(C)C)c1N=C(/C=C(/[N-]c1c(C(C)C)cccc1C(C)C)C(C)(C)C)C(C)(C)C. The number of aliphatic imine (C=N–C) groups is 1. The van der Waals surface area contributed by atoms with Crippen molar-refractivity contribution in [1.29, 1.82) is 0 Å². The quantitative estimate of drug-likeness (QED) is 0.321. The van der Waals surface area contributed by atoms with Gasteiger partial charge in [-0.05, 0) is 40.2 Å². The van der Waals surface area contributed by atoms with Gasteiger partial charge in [-0.25, -0.2) is 0 Å². The van der Waals surface area contributed by atoms with E-state index in [0.29, 0.717) is 23.7 Å². The number of rotatable bonds is 8. The zero-order chi connectivity index (χ0) is 28.3. The van der Waals surface area contributed by atoms with E-state index in [1.807, 2.05) is 0 Å². The molecule has 0 fully saturated rings. The Hall–Kier alpha value is -2.35. The van der Waals surface area contributed by atoms with Crippen molar-refractivity contribution >= 4 is 17.1 Å². The Morgan fingerprint density at radius 1 is 0.622 bits per heavy atom. The molecule has 37 heavy (non-hydrogen) atoms. The molecule has 2 rings (SSSR count). The van der Waals surface area contributed by atoms with Gasteiger partial charge in [0.05, 0.1) is 5.69 Å². The third-order valence-corrected chi connectivity index (χ3v) is 6.96. The maximum absolute atomic E-state index is 5.46. The lowest BCUT2D eigenvalue weighted by molar-refractivity contribution is 0.512. The number of benzene rings is 2. The van der Waals surface area contributed by atoms with Gasteiger partial charge in [0.1, 0.15) is 0 Å². The summed E-state index contributed by atoms with van der Waals surface area (Å²) in [7, 11) is 0. The molecule has 2 heteroatoms. The van der Waals surface area contributed by atoms with Crippen molar-refractivity contribution in [2.75, 3.05) is 0 Å². The summed E-state index contributed by atoms with van der Waals surface area (Å²) in [5, 5.41) is 5.46. The molecule has 0 heterocycles. The van der Waals surface area contributed by atoms with Crippen LogP contribution in [0.15, 0.2) is 53.2 Å². The van der Waals surface area contributed by atoms with Gasteiger partial charge in [0.15, 0.2) is 0 Å². The fraction of sp³-hybridized carbons (Fsp3) is 0.571. The van der Waals surface area contributed by atoms with Crippen molar-refractivity contribution in [2.24, 2.45) is 15.8 Å². The highest BCUT2D eigenvalue weighted by atomic mass is 14.9. The predicted molar refractivity (Wildman–Crippen MR) is 166 cm³/mol. The third kappa shape index (κ3) is 7.82. The van der Waals surface area contributed by atoms with Crippen LogP contribution in [0.5, 0.6) is 0 Å².